The number of aliphatic hydroxyl groups excluding tert-OH is 1. The Morgan fingerprint density at radius 3 is 2.57 bits per heavy atom. The van der Waals surface area contributed by atoms with E-state index in [0.717, 1.165) is 29.7 Å². The number of likely N-dealkylation sites (tertiary alicyclic amines) is 1. The molecular weight excluding hydrogens is 470 g/mol. The molecule has 8 heteroatoms. The second kappa shape index (κ2) is 10.1. The minimum absolute atomic E-state index is 0.120. The Kier molecular flexibility index (Phi) is 6.98. The number of aryl methyl sites for hydroxylation is 2. The van der Waals surface area contributed by atoms with Crippen LogP contribution in [0.1, 0.15) is 36.8 Å². The summed E-state index contributed by atoms with van der Waals surface area (Å²) in [5, 5.41) is 9.13. The predicted octanol–water partition coefficient (Wildman–Crippen LogP) is 2.37. The van der Waals surface area contributed by atoms with Gasteiger partial charge in [-0.15, -0.1) is 0 Å². The van der Waals surface area contributed by atoms with Crippen LogP contribution in [0, 0.1) is 25.7 Å². The van der Waals surface area contributed by atoms with Crippen LogP contribution in [0.25, 0.3) is 0 Å². The van der Waals surface area contributed by atoms with Gasteiger partial charge in [-0.3, -0.25) is 14.4 Å². The van der Waals surface area contributed by atoms with E-state index in [1.54, 1.807) is 21.7 Å². The molecule has 1 N–H and O–H groups in total. The van der Waals surface area contributed by atoms with Crippen molar-refractivity contribution in [2.75, 3.05) is 38.2 Å². The van der Waals surface area contributed by atoms with Crippen molar-refractivity contribution in [3.05, 3.63) is 53.6 Å². The molecule has 0 radical (unpaired) electrons. The van der Waals surface area contributed by atoms with E-state index < -0.39 is 29.6 Å². The Morgan fingerprint density at radius 1 is 1.00 bits per heavy atom. The number of carbonyl (C=O) groups excluding carboxylic acids is 3. The summed E-state index contributed by atoms with van der Waals surface area (Å²) in [6.45, 7) is 5.37. The van der Waals surface area contributed by atoms with Gasteiger partial charge in [0.15, 0.2) is 0 Å². The van der Waals surface area contributed by atoms with Gasteiger partial charge >= 0.3 is 0 Å². The smallest absolute Gasteiger partial charge is 0.253 e. The monoisotopic (exact) mass is 507 g/mol. The zero-order chi connectivity index (χ0) is 26.3. The van der Waals surface area contributed by atoms with E-state index in [9.17, 15) is 14.4 Å². The Morgan fingerprint density at radius 2 is 1.78 bits per heavy atom. The lowest BCUT2D eigenvalue weighted by molar-refractivity contribution is -0.143. The third-order valence-corrected chi connectivity index (χ3v) is 8.32. The molecule has 1 aromatic rings. The van der Waals surface area contributed by atoms with Gasteiger partial charge in [0.2, 0.25) is 11.8 Å². The normalized spacial score (nSPS) is 30.9. The summed E-state index contributed by atoms with van der Waals surface area (Å²) in [5.74, 6) is -1.90. The molecule has 0 saturated carbocycles. The lowest BCUT2D eigenvalue weighted by Gasteiger charge is -2.35. The van der Waals surface area contributed by atoms with E-state index in [-0.39, 0.29) is 24.3 Å². The highest BCUT2D eigenvalue weighted by molar-refractivity contribution is 6.06. The fraction of sp³-hybridized carbons (Fsp3) is 0.552. The zero-order valence-corrected chi connectivity index (χ0v) is 21.9. The third kappa shape index (κ3) is 4.20. The average molecular weight is 508 g/mol. The molecule has 5 rings (SSSR count). The minimum atomic E-state index is -1.20. The van der Waals surface area contributed by atoms with Crippen molar-refractivity contribution in [1.29, 1.82) is 0 Å². The Hall–Kier alpha value is -2.97. The highest BCUT2D eigenvalue weighted by atomic mass is 16.5. The molecule has 0 aliphatic carbocycles. The third-order valence-electron chi connectivity index (χ3n) is 8.32. The van der Waals surface area contributed by atoms with Crippen LogP contribution in [0.2, 0.25) is 0 Å². The largest absolute Gasteiger partial charge is 0.396 e. The molecule has 0 aromatic heterocycles. The first-order valence-corrected chi connectivity index (χ1v) is 13.4. The van der Waals surface area contributed by atoms with Gasteiger partial charge in [-0.05, 0) is 43.9 Å². The lowest BCUT2D eigenvalue weighted by Crippen LogP contribution is -2.55. The number of rotatable bonds is 7. The van der Waals surface area contributed by atoms with Gasteiger partial charge in [-0.25, -0.2) is 0 Å². The first-order chi connectivity index (χ1) is 17.8. The summed E-state index contributed by atoms with van der Waals surface area (Å²) < 4.78 is 6.65. The highest BCUT2D eigenvalue weighted by Gasteiger charge is 2.71. The number of amides is 3. The van der Waals surface area contributed by atoms with Crippen LogP contribution >= 0.6 is 0 Å². The molecule has 2 saturated heterocycles. The Balaban J connectivity index is 1.56. The fourth-order valence-corrected chi connectivity index (χ4v) is 6.48. The molecule has 8 nitrogen and oxygen atoms in total. The van der Waals surface area contributed by atoms with Gasteiger partial charge in [0, 0.05) is 39.0 Å². The molecule has 37 heavy (non-hydrogen) atoms. The second-order valence-corrected chi connectivity index (χ2v) is 10.8. The summed E-state index contributed by atoms with van der Waals surface area (Å²) in [6.07, 6.45) is 10.2. The number of aliphatic hydroxyl groups is 1. The maximum atomic E-state index is 14.4. The minimum Gasteiger partial charge on any atom is -0.396 e. The quantitative estimate of drug-likeness (QED) is 0.452. The van der Waals surface area contributed by atoms with Gasteiger partial charge in [0.1, 0.15) is 11.6 Å². The van der Waals surface area contributed by atoms with E-state index in [1.807, 2.05) is 56.4 Å². The molecule has 0 bridgehead atoms. The first-order valence-electron chi connectivity index (χ1n) is 13.4. The van der Waals surface area contributed by atoms with Crippen molar-refractivity contribution in [2.24, 2.45) is 11.8 Å². The van der Waals surface area contributed by atoms with E-state index in [1.165, 1.54) is 0 Å². The number of hydrogen-bond donors (Lipinski definition) is 1. The molecule has 4 aliphatic heterocycles. The second-order valence-electron chi connectivity index (χ2n) is 10.8. The van der Waals surface area contributed by atoms with Crippen LogP contribution in [0.4, 0.5) is 5.69 Å². The van der Waals surface area contributed by atoms with Gasteiger partial charge in [0.25, 0.3) is 5.91 Å². The lowest BCUT2D eigenvalue weighted by atomic mass is 9.77. The molecule has 4 aliphatic rings. The SMILES string of the molecule is Cc1ccc(C)c(N2CC=C[C@]34O[C@@H]5C=CCN(C)C(=O)[C@@H]5[C@H]3C(=O)N(CCCCCCO)C4C2=O)c1. The number of benzene rings is 1. The van der Waals surface area contributed by atoms with Crippen LogP contribution in [-0.4, -0.2) is 83.7 Å². The molecule has 1 spiro atoms. The number of ether oxygens (including phenoxy) is 1. The van der Waals surface area contributed by atoms with Gasteiger partial charge in [-0.1, -0.05) is 49.3 Å². The van der Waals surface area contributed by atoms with E-state index in [0.29, 0.717) is 32.5 Å². The van der Waals surface area contributed by atoms with E-state index >= 15 is 0 Å². The molecule has 1 unspecified atom stereocenters. The predicted molar refractivity (Wildman–Crippen MR) is 140 cm³/mol. The first kappa shape index (κ1) is 25.7. The van der Waals surface area contributed by atoms with E-state index in [2.05, 4.69) is 0 Å². The van der Waals surface area contributed by atoms with Crippen molar-refractivity contribution in [3.8, 4) is 0 Å². The maximum absolute atomic E-state index is 14.4. The standard InChI is InChI=1S/C29H37N3O5/c1-19-11-12-20(2)21(18-19)31-16-9-13-29-24(23-22(37-29)10-8-14-30(3)26(23)34)27(35)32(25(29)28(31)36)15-6-4-5-7-17-33/h8-13,18,22-25,33H,4-7,14-17H2,1-3H3/t22-,23+,24+,25?,29+/m1/s1. The molecule has 5 atom stereocenters. The summed E-state index contributed by atoms with van der Waals surface area (Å²) in [6, 6.07) is 5.19. The van der Waals surface area contributed by atoms with E-state index in [4.69, 9.17) is 9.84 Å². The maximum Gasteiger partial charge on any atom is 0.253 e. The average Bonchev–Trinajstić information content (AvgIpc) is 3.19. The van der Waals surface area contributed by atoms with Crippen molar-refractivity contribution >= 4 is 23.4 Å². The Labute approximate surface area is 218 Å². The number of carbonyl (C=O) groups is 3. The van der Waals surface area contributed by atoms with Crippen molar-refractivity contribution < 1.29 is 24.2 Å². The number of nitrogens with zero attached hydrogens (tertiary/aromatic N) is 3. The van der Waals surface area contributed by atoms with Gasteiger partial charge in [-0.2, -0.15) is 0 Å². The molecule has 4 heterocycles. The summed E-state index contributed by atoms with van der Waals surface area (Å²) >= 11 is 0. The Bertz CT molecular complexity index is 1150. The van der Waals surface area contributed by atoms with Crippen LogP contribution in [0.15, 0.2) is 42.5 Å². The van der Waals surface area contributed by atoms with Gasteiger partial charge < -0.3 is 24.5 Å². The summed E-state index contributed by atoms with van der Waals surface area (Å²) in [5.41, 5.74) is 1.67. The summed E-state index contributed by atoms with van der Waals surface area (Å²) in [7, 11) is 1.74. The number of hydrogen-bond acceptors (Lipinski definition) is 5. The van der Waals surface area contributed by atoms with Gasteiger partial charge in [0.05, 0.1) is 17.9 Å². The van der Waals surface area contributed by atoms with Crippen LogP contribution in [-0.2, 0) is 19.1 Å². The zero-order valence-electron chi connectivity index (χ0n) is 21.9. The molecule has 1 aromatic carbocycles. The number of unbranched alkanes of at least 4 members (excludes halogenated alkanes) is 3. The number of likely N-dealkylation sites (N-methyl/N-ethyl adjacent to an activating group) is 1. The number of fused-ring (bicyclic) bond motifs is 2. The molecule has 198 valence electrons. The fourth-order valence-electron chi connectivity index (χ4n) is 6.48. The number of anilines is 1. The molecular formula is C29H37N3O5. The van der Waals surface area contributed by atoms with Crippen molar-refractivity contribution in [3.63, 3.8) is 0 Å². The summed E-state index contributed by atoms with van der Waals surface area (Å²) in [4.78, 5) is 47.0. The van der Waals surface area contributed by atoms with Crippen molar-refractivity contribution in [1.82, 2.24) is 9.80 Å². The van der Waals surface area contributed by atoms with Crippen LogP contribution < -0.4 is 4.90 Å². The van der Waals surface area contributed by atoms with Crippen LogP contribution in [0.3, 0.4) is 0 Å². The highest BCUT2D eigenvalue weighted by Crippen LogP contribution is 2.53. The topological polar surface area (TPSA) is 90.4 Å². The van der Waals surface area contributed by atoms with Crippen LogP contribution in [0.5, 0.6) is 0 Å². The van der Waals surface area contributed by atoms with Crippen molar-refractivity contribution in [2.45, 2.75) is 57.3 Å². The molecule has 2 fully saturated rings. The molecule has 3 amide bonds.